The molecule has 5 aliphatic rings. The SMILES string of the molecule is O=C(OC1CCC1)N1CCC(C2NOC(C3CCC(=O)N(C4COC4)C3)N2)CC1. The number of hydroxylamine groups is 1. The molecule has 1 aliphatic carbocycles. The Morgan fingerprint density at radius 1 is 1.07 bits per heavy atom. The molecule has 3 unspecified atom stereocenters. The Labute approximate surface area is 171 Å². The number of hydrogen-bond acceptors (Lipinski definition) is 7. The van der Waals surface area contributed by atoms with E-state index in [1.165, 1.54) is 6.42 Å². The van der Waals surface area contributed by atoms with Crippen LogP contribution in [0, 0.1) is 11.8 Å². The van der Waals surface area contributed by atoms with Crippen molar-refractivity contribution in [1.29, 1.82) is 0 Å². The number of likely N-dealkylation sites (tertiary alicyclic amines) is 2. The molecule has 0 bridgehead atoms. The van der Waals surface area contributed by atoms with Gasteiger partial charge >= 0.3 is 6.09 Å². The van der Waals surface area contributed by atoms with Crippen LogP contribution in [0.25, 0.3) is 0 Å². The highest BCUT2D eigenvalue weighted by molar-refractivity contribution is 5.77. The summed E-state index contributed by atoms with van der Waals surface area (Å²) in [6, 6.07) is 0.236. The van der Waals surface area contributed by atoms with E-state index in [-0.39, 0.29) is 42.5 Å². The number of amides is 2. The molecule has 0 radical (unpaired) electrons. The quantitative estimate of drug-likeness (QED) is 0.711. The minimum Gasteiger partial charge on any atom is -0.446 e. The van der Waals surface area contributed by atoms with Crippen molar-refractivity contribution in [3.05, 3.63) is 0 Å². The molecule has 2 amide bonds. The second-order valence-electron chi connectivity index (χ2n) is 9.10. The number of nitrogens with zero attached hydrogens (tertiary/aromatic N) is 2. The summed E-state index contributed by atoms with van der Waals surface area (Å²) >= 11 is 0. The molecule has 29 heavy (non-hydrogen) atoms. The molecular formula is C20H32N4O5. The van der Waals surface area contributed by atoms with Gasteiger partial charge in [0.15, 0.2) is 0 Å². The maximum absolute atomic E-state index is 12.2. The standard InChI is InChI=1S/C20H32N4O5/c25-17-5-4-14(10-24(17)15-11-27-12-15)19-21-18(22-29-19)13-6-8-23(9-7-13)20(26)28-16-2-1-3-16/h13-16,18-19,21-22H,1-12H2. The van der Waals surface area contributed by atoms with E-state index in [4.69, 9.17) is 14.3 Å². The molecule has 4 heterocycles. The van der Waals surface area contributed by atoms with Crippen LogP contribution < -0.4 is 10.8 Å². The van der Waals surface area contributed by atoms with Gasteiger partial charge in [-0.1, -0.05) is 0 Å². The molecule has 3 atom stereocenters. The van der Waals surface area contributed by atoms with E-state index < -0.39 is 0 Å². The molecule has 0 aromatic rings. The molecule has 0 spiro atoms. The Morgan fingerprint density at radius 2 is 1.86 bits per heavy atom. The van der Waals surface area contributed by atoms with Gasteiger partial charge in [-0.3, -0.25) is 14.9 Å². The topological polar surface area (TPSA) is 92.4 Å². The number of carbonyl (C=O) groups excluding carboxylic acids is 2. The smallest absolute Gasteiger partial charge is 0.410 e. The molecule has 0 aromatic carbocycles. The lowest BCUT2D eigenvalue weighted by Crippen LogP contribution is -2.57. The van der Waals surface area contributed by atoms with E-state index in [2.05, 4.69) is 10.8 Å². The maximum atomic E-state index is 12.2. The second kappa shape index (κ2) is 8.37. The van der Waals surface area contributed by atoms with Gasteiger partial charge in [0.05, 0.1) is 25.4 Å². The summed E-state index contributed by atoms with van der Waals surface area (Å²) in [4.78, 5) is 34.2. The lowest BCUT2D eigenvalue weighted by Gasteiger charge is -2.43. The van der Waals surface area contributed by atoms with Crippen molar-refractivity contribution < 1.29 is 23.9 Å². The van der Waals surface area contributed by atoms with Crippen LogP contribution in [-0.2, 0) is 19.1 Å². The average molecular weight is 408 g/mol. The minimum absolute atomic E-state index is 0.0850. The van der Waals surface area contributed by atoms with Crippen LogP contribution in [0.3, 0.4) is 0 Å². The monoisotopic (exact) mass is 408 g/mol. The Bertz CT molecular complexity index is 618. The molecule has 2 N–H and O–H groups in total. The molecular weight excluding hydrogens is 376 g/mol. The van der Waals surface area contributed by atoms with Crippen molar-refractivity contribution in [2.45, 2.75) is 69.5 Å². The van der Waals surface area contributed by atoms with Crippen LogP contribution in [0.2, 0.25) is 0 Å². The van der Waals surface area contributed by atoms with E-state index in [1.807, 2.05) is 9.80 Å². The van der Waals surface area contributed by atoms with E-state index in [1.54, 1.807) is 0 Å². The van der Waals surface area contributed by atoms with Gasteiger partial charge in [0.2, 0.25) is 5.91 Å². The maximum Gasteiger partial charge on any atom is 0.410 e. The van der Waals surface area contributed by atoms with E-state index in [0.29, 0.717) is 25.6 Å². The highest BCUT2D eigenvalue weighted by Gasteiger charge is 2.42. The van der Waals surface area contributed by atoms with Crippen LogP contribution in [-0.4, -0.2) is 79.2 Å². The second-order valence-corrected chi connectivity index (χ2v) is 9.10. The van der Waals surface area contributed by atoms with Gasteiger partial charge in [0.25, 0.3) is 0 Å². The number of rotatable bonds is 4. The average Bonchev–Trinajstić information content (AvgIpc) is 3.15. The first-order valence-corrected chi connectivity index (χ1v) is 11.2. The molecule has 1 saturated carbocycles. The van der Waals surface area contributed by atoms with Crippen molar-refractivity contribution in [3.63, 3.8) is 0 Å². The van der Waals surface area contributed by atoms with Gasteiger partial charge in [-0.2, -0.15) is 5.48 Å². The normalized spacial score (nSPS) is 34.8. The third kappa shape index (κ3) is 4.10. The summed E-state index contributed by atoms with van der Waals surface area (Å²) < 4.78 is 10.8. The third-order valence-corrected chi connectivity index (χ3v) is 7.22. The van der Waals surface area contributed by atoms with Gasteiger partial charge in [-0.25, -0.2) is 4.79 Å². The fraction of sp³-hybridized carbons (Fsp3) is 0.900. The Hall–Kier alpha value is -1.42. The van der Waals surface area contributed by atoms with Crippen molar-refractivity contribution in [1.82, 2.24) is 20.6 Å². The van der Waals surface area contributed by atoms with Gasteiger partial charge in [-0.05, 0) is 44.4 Å². The van der Waals surface area contributed by atoms with E-state index in [9.17, 15) is 9.59 Å². The number of piperidine rings is 2. The number of carbonyl (C=O) groups is 2. The molecule has 9 nitrogen and oxygen atoms in total. The van der Waals surface area contributed by atoms with E-state index >= 15 is 0 Å². The van der Waals surface area contributed by atoms with Crippen LogP contribution in [0.5, 0.6) is 0 Å². The molecule has 5 fully saturated rings. The molecule has 5 rings (SSSR count). The van der Waals surface area contributed by atoms with Crippen molar-refractivity contribution in [2.24, 2.45) is 11.8 Å². The first-order chi connectivity index (χ1) is 14.2. The van der Waals surface area contributed by atoms with Gasteiger partial charge in [0, 0.05) is 32.0 Å². The molecule has 4 saturated heterocycles. The molecule has 9 heteroatoms. The highest BCUT2D eigenvalue weighted by atomic mass is 16.7. The van der Waals surface area contributed by atoms with Crippen molar-refractivity contribution in [2.75, 3.05) is 32.8 Å². The molecule has 4 aliphatic heterocycles. The predicted octanol–water partition coefficient (Wildman–Crippen LogP) is 0.802. The predicted molar refractivity (Wildman–Crippen MR) is 102 cm³/mol. The highest BCUT2D eigenvalue weighted by Crippen LogP contribution is 2.29. The lowest BCUT2D eigenvalue weighted by molar-refractivity contribution is -0.153. The zero-order valence-corrected chi connectivity index (χ0v) is 16.9. The third-order valence-electron chi connectivity index (χ3n) is 7.22. The molecule has 162 valence electrons. The Balaban J connectivity index is 1.08. The summed E-state index contributed by atoms with van der Waals surface area (Å²) in [5.74, 6) is 0.927. The first-order valence-electron chi connectivity index (χ1n) is 11.2. The summed E-state index contributed by atoms with van der Waals surface area (Å²) in [6.45, 7) is 3.49. The summed E-state index contributed by atoms with van der Waals surface area (Å²) in [7, 11) is 0. The van der Waals surface area contributed by atoms with Gasteiger partial charge in [-0.15, -0.1) is 0 Å². The summed E-state index contributed by atoms with van der Waals surface area (Å²) in [6.07, 6.45) is 6.45. The number of hydrogen-bond donors (Lipinski definition) is 2. The van der Waals surface area contributed by atoms with Crippen LogP contribution in [0.15, 0.2) is 0 Å². The Kier molecular flexibility index (Phi) is 5.64. The van der Waals surface area contributed by atoms with Crippen molar-refractivity contribution >= 4 is 12.0 Å². The fourth-order valence-electron chi connectivity index (χ4n) is 4.88. The summed E-state index contributed by atoms with van der Waals surface area (Å²) in [5, 5.41) is 3.60. The van der Waals surface area contributed by atoms with E-state index in [0.717, 1.165) is 51.7 Å². The van der Waals surface area contributed by atoms with Crippen LogP contribution >= 0.6 is 0 Å². The molecule has 0 aromatic heterocycles. The van der Waals surface area contributed by atoms with Crippen molar-refractivity contribution in [3.8, 4) is 0 Å². The van der Waals surface area contributed by atoms with Crippen LogP contribution in [0.1, 0.15) is 44.9 Å². The van der Waals surface area contributed by atoms with Crippen LogP contribution in [0.4, 0.5) is 4.79 Å². The Morgan fingerprint density at radius 3 is 2.52 bits per heavy atom. The lowest BCUT2D eigenvalue weighted by atomic mass is 9.92. The largest absolute Gasteiger partial charge is 0.446 e. The minimum atomic E-state index is -0.151. The first kappa shape index (κ1) is 19.5. The van der Waals surface area contributed by atoms with Gasteiger partial charge in [0.1, 0.15) is 12.3 Å². The fourth-order valence-corrected chi connectivity index (χ4v) is 4.88. The number of nitrogens with one attached hydrogen (secondary N) is 2. The zero-order valence-electron chi connectivity index (χ0n) is 16.9. The summed E-state index contributed by atoms with van der Waals surface area (Å²) in [5.41, 5.74) is 3.18. The number of ether oxygens (including phenoxy) is 2. The van der Waals surface area contributed by atoms with Gasteiger partial charge < -0.3 is 19.3 Å². The zero-order chi connectivity index (χ0) is 19.8.